The van der Waals surface area contributed by atoms with Crippen molar-refractivity contribution in [1.82, 2.24) is 0 Å². The van der Waals surface area contributed by atoms with Gasteiger partial charge < -0.3 is 9.47 Å². The summed E-state index contributed by atoms with van der Waals surface area (Å²) in [5.41, 5.74) is 0. The Morgan fingerprint density at radius 3 is 1.33 bits per heavy atom. The van der Waals surface area contributed by atoms with E-state index in [1.54, 1.807) is 0 Å². The number of ether oxygens (including phenoxy) is 2. The third kappa shape index (κ3) is 5.04. The molecular weight excluding hydrogens is 151 g/mol. The number of methoxy groups -OCH3 is 2. The number of esters is 2. The van der Waals surface area contributed by atoms with E-state index in [4.69, 9.17) is 0 Å². The predicted molar refractivity (Wildman–Crippen MR) is 31.2 cm³/mol. The third-order valence-corrected chi connectivity index (χ3v) is 0.537. The quantitative estimate of drug-likeness (QED) is 0.249. The second kappa shape index (κ2) is 6.69. The fraction of sp³-hybridized carbons (Fsp3) is 0.500. The van der Waals surface area contributed by atoms with Gasteiger partial charge in [-0.25, -0.2) is 9.59 Å². The molecule has 0 amide bonds. The Bertz CT molecular complexity index is 97.1. The average molecular weight is 158 g/mol. The summed E-state index contributed by atoms with van der Waals surface area (Å²) < 4.78 is 7.98. The number of hydrogen-bond acceptors (Lipinski definition) is 4. The molecule has 4 nitrogen and oxygen atoms in total. The van der Waals surface area contributed by atoms with Crippen LogP contribution in [0.3, 0.4) is 0 Å². The molecule has 0 aliphatic carbocycles. The standard InChI is InChI=1S/C4H6O4.K.H/c1-7-3(5)4(6)8-2;;/h1-2H3;;. The molecule has 48 valence electrons. The minimum atomic E-state index is -0.979. The molecule has 0 fully saturated rings. The van der Waals surface area contributed by atoms with Gasteiger partial charge in [0.15, 0.2) is 0 Å². The van der Waals surface area contributed by atoms with Crippen LogP contribution in [0.5, 0.6) is 0 Å². The second-order valence-corrected chi connectivity index (χ2v) is 0.983. The van der Waals surface area contributed by atoms with Crippen molar-refractivity contribution in [2.75, 3.05) is 14.2 Å². The Morgan fingerprint density at radius 2 is 1.22 bits per heavy atom. The first-order valence-corrected chi connectivity index (χ1v) is 1.88. The molecule has 0 bridgehead atoms. The molecule has 0 saturated heterocycles. The molecule has 0 rings (SSSR count). The third-order valence-electron chi connectivity index (χ3n) is 0.537. The molecule has 0 aromatic rings. The second-order valence-electron chi connectivity index (χ2n) is 0.983. The molecule has 0 aliphatic rings. The minimum absolute atomic E-state index is 0. The summed E-state index contributed by atoms with van der Waals surface area (Å²) in [6, 6.07) is 0. The molecule has 0 spiro atoms. The molecule has 0 unspecified atom stereocenters. The van der Waals surface area contributed by atoms with Crippen molar-refractivity contribution < 1.29 is 19.1 Å². The van der Waals surface area contributed by atoms with E-state index < -0.39 is 11.9 Å². The first-order chi connectivity index (χ1) is 3.72. The molecule has 0 heterocycles. The van der Waals surface area contributed by atoms with Crippen molar-refractivity contribution in [3.05, 3.63) is 0 Å². The van der Waals surface area contributed by atoms with Gasteiger partial charge in [0.1, 0.15) is 0 Å². The van der Waals surface area contributed by atoms with Crippen LogP contribution in [0.25, 0.3) is 0 Å². The summed E-state index contributed by atoms with van der Waals surface area (Å²) in [6.45, 7) is 0. The zero-order valence-corrected chi connectivity index (χ0v) is 4.63. The maximum atomic E-state index is 10.0. The van der Waals surface area contributed by atoms with E-state index in [1.165, 1.54) is 0 Å². The van der Waals surface area contributed by atoms with Gasteiger partial charge in [0.25, 0.3) is 0 Å². The molecule has 0 radical (unpaired) electrons. The van der Waals surface area contributed by atoms with Gasteiger partial charge in [-0.2, -0.15) is 0 Å². The summed E-state index contributed by atoms with van der Waals surface area (Å²) in [7, 11) is 2.22. The van der Waals surface area contributed by atoms with Crippen LogP contribution in [0, 0.1) is 0 Å². The van der Waals surface area contributed by atoms with Crippen molar-refractivity contribution >= 4 is 63.3 Å². The van der Waals surface area contributed by atoms with Gasteiger partial charge >= 0.3 is 63.3 Å². The van der Waals surface area contributed by atoms with Crippen LogP contribution in [0.2, 0.25) is 0 Å². The molecule has 0 aromatic heterocycles. The maximum absolute atomic E-state index is 10.0. The number of rotatable bonds is 0. The van der Waals surface area contributed by atoms with E-state index in [1.807, 2.05) is 0 Å². The zero-order valence-electron chi connectivity index (χ0n) is 4.63. The topological polar surface area (TPSA) is 52.6 Å². The van der Waals surface area contributed by atoms with Gasteiger partial charge in [0.2, 0.25) is 0 Å². The number of hydrogen-bond donors (Lipinski definition) is 0. The van der Waals surface area contributed by atoms with Gasteiger partial charge in [-0.1, -0.05) is 0 Å². The van der Waals surface area contributed by atoms with Crippen LogP contribution >= 0.6 is 0 Å². The number of carbonyl (C=O) groups excluding carboxylic acids is 2. The molecular formula is C4H7KO4. The molecule has 0 N–H and O–H groups in total. The van der Waals surface area contributed by atoms with E-state index in [2.05, 4.69) is 9.47 Å². The van der Waals surface area contributed by atoms with Crippen molar-refractivity contribution in [1.29, 1.82) is 0 Å². The monoisotopic (exact) mass is 158 g/mol. The summed E-state index contributed by atoms with van der Waals surface area (Å²) in [4.78, 5) is 20.1. The molecule has 0 saturated carbocycles. The van der Waals surface area contributed by atoms with E-state index in [9.17, 15) is 9.59 Å². The van der Waals surface area contributed by atoms with E-state index >= 15 is 0 Å². The molecule has 0 aromatic carbocycles. The summed E-state index contributed by atoms with van der Waals surface area (Å²) in [6.07, 6.45) is 0. The Morgan fingerprint density at radius 1 is 1.00 bits per heavy atom. The van der Waals surface area contributed by atoms with E-state index in [0.29, 0.717) is 0 Å². The Labute approximate surface area is 95.3 Å². The molecule has 5 heteroatoms. The average Bonchev–Trinajstić information content (AvgIpc) is 1.84. The van der Waals surface area contributed by atoms with Crippen LogP contribution in [0.1, 0.15) is 0 Å². The SMILES string of the molecule is COC(=O)C(=O)OC.[KH]. The fourth-order valence-electron chi connectivity index (χ4n) is 0.167. The Hall–Kier alpha value is 0.576. The molecule has 0 aliphatic heterocycles. The van der Waals surface area contributed by atoms with Crippen molar-refractivity contribution in [3.63, 3.8) is 0 Å². The van der Waals surface area contributed by atoms with Crippen molar-refractivity contribution in [3.8, 4) is 0 Å². The number of carbonyl (C=O) groups is 2. The predicted octanol–water partition coefficient (Wildman–Crippen LogP) is -1.32. The molecule has 9 heavy (non-hydrogen) atoms. The summed E-state index contributed by atoms with van der Waals surface area (Å²) in [5.74, 6) is -1.96. The zero-order chi connectivity index (χ0) is 6.57. The van der Waals surface area contributed by atoms with Crippen LogP contribution in [0.4, 0.5) is 0 Å². The van der Waals surface area contributed by atoms with Gasteiger partial charge in [-0.3, -0.25) is 0 Å². The van der Waals surface area contributed by atoms with Crippen LogP contribution in [-0.4, -0.2) is 77.5 Å². The van der Waals surface area contributed by atoms with Crippen LogP contribution in [-0.2, 0) is 19.1 Å². The van der Waals surface area contributed by atoms with Crippen LogP contribution < -0.4 is 0 Å². The van der Waals surface area contributed by atoms with E-state index in [0.717, 1.165) is 14.2 Å². The van der Waals surface area contributed by atoms with Crippen molar-refractivity contribution in [2.24, 2.45) is 0 Å². The van der Waals surface area contributed by atoms with E-state index in [-0.39, 0.29) is 51.4 Å². The fourth-order valence-corrected chi connectivity index (χ4v) is 0.167. The Kier molecular flexibility index (Phi) is 9.13. The summed E-state index contributed by atoms with van der Waals surface area (Å²) in [5, 5.41) is 0. The van der Waals surface area contributed by atoms with Gasteiger partial charge in [0, 0.05) is 0 Å². The molecule has 0 atom stereocenters. The normalized spacial score (nSPS) is 6.89. The first kappa shape index (κ1) is 12.3. The summed E-state index contributed by atoms with van der Waals surface area (Å²) >= 11 is 0. The Balaban J connectivity index is 0. The van der Waals surface area contributed by atoms with Crippen molar-refractivity contribution in [2.45, 2.75) is 0 Å². The van der Waals surface area contributed by atoms with Crippen LogP contribution in [0.15, 0.2) is 0 Å². The van der Waals surface area contributed by atoms with Gasteiger partial charge in [-0.15, -0.1) is 0 Å². The first-order valence-electron chi connectivity index (χ1n) is 1.88. The van der Waals surface area contributed by atoms with Gasteiger partial charge in [0.05, 0.1) is 14.2 Å². The van der Waals surface area contributed by atoms with Gasteiger partial charge in [-0.05, 0) is 0 Å².